The van der Waals surface area contributed by atoms with Crippen molar-refractivity contribution < 1.29 is 10.2 Å². The van der Waals surface area contributed by atoms with Crippen LogP contribution in [0.4, 0.5) is 0 Å². The summed E-state index contributed by atoms with van der Waals surface area (Å²) < 4.78 is 2.60. The SMILES string of the molecule is Cc1cn(C)c(=O)n(CCCCC(O)CO)c1=O. The van der Waals surface area contributed by atoms with E-state index in [9.17, 15) is 9.59 Å². The summed E-state index contributed by atoms with van der Waals surface area (Å²) in [6, 6.07) is 0. The van der Waals surface area contributed by atoms with Crippen LogP contribution in [0.2, 0.25) is 0 Å². The molecule has 0 amide bonds. The number of rotatable bonds is 6. The molecule has 0 saturated carbocycles. The van der Waals surface area contributed by atoms with Crippen LogP contribution in [0.1, 0.15) is 24.8 Å². The van der Waals surface area contributed by atoms with E-state index < -0.39 is 6.10 Å². The van der Waals surface area contributed by atoms with Gasteiger partial charge >= 0.3 is 5.69 Å². The molecule has 0 aromatic carbocycles. The Morgan fingerprint density at radius 2 is 2.00 bits per heavy atom. The normalized spacial score (nSPS) is 12.7. The lowest BCUT2D eigenvalue weighted by Gasteiger charge is -2.09. The predicted molar refractivity (Wildman–Crippen MR) is 67.6 cm³/mol. The van der Waals surface area contributed by atoms with E-state index in [1.54, 1.807) is 14.0 Å². The van der Waals surface area contributed by atoms with E-state index in [0.29, 0.717) is 31.4 Å². The molecule has 2 N–H and O–H groups in total. The standard InChI is InChI=1S/C12H20N2O4/c1-9-7-13(2)12(18)14(11(9)17)6-4-3-5-10(16)8-15/h7,10,15-16H,3-6,8H2,1-2H3. The Labute approximate surface area is 105 Å². The molecule has 6 nitrogen and oxygen atoms in total. The van der Waals surface area contributed by atoms with E-state index in [1.165, 1.54) is 15.3 Å². The smallest absolute Gasteiger partial charge is 0.330 e. The summed E-state index contributed by atoms with van der Waals surface area (Å²) in [6.45, 7) is 1.76. The van der Waals surface area contributed by atoms with Crippen molar-refractivity contribution in [2.75, 3.05) is 6.61 Å². The van der Waals surface area contributed by atoms with Crippen LogP contribution in [0.3, 0.4) is 0 Å². The molecule has 0 radical (unpaired) electrons. The van der Waals surface area contributed by atoms with E-state index in [4.69, 9.17) is 10.2 Å². The third kappa shape index (κ3) is 3.54. The van der Waals surface area contributed by atoms with Gasteiger partial charge in [0.2, 0.25) is 0 Å². The van der Waals surface area contributed by atoms with Crippen molar-refractivity contribution in [3.8, 4) is 0 Å². The van der Waals surface area contributed by atoms with E-state index in [-0.39, 0.29) is 17.9 Å². The summed E-state index contributed by atoms with van der Waals surface area (Å²) in [6.07, 6.45) is 2.55. The Morgan fingerprint density at radius 3 is 2.61 bits per heavy atom. The molecule has 0 saturated heterocycles. The number of nitrogens with zero attached hydrogens (tertiary/aromatic N) is 2. The highest BCUT2D eigenvalue weighted by Gasteiger charge is 2.07. The molecular formula is C12H20N2O4. The highest BCUT2D eigenvalue weighted by Crippen LogP contribution is 2.01. The molecule has 102 valence electrons. The second kappa shape index (κ2) is 6.51. The second-order valence-electron chi connectivity index (χ2n) is 4.49. The van der Waals surface area contributed by atoms with Gasteiger partial charge in [0.05, 0.1) is 12.7 Å². The number of aliphatic hydroxyl groups is 2. The van der Waals surface area contributed by atoms with Gasteiger partial charge in [-0.15, -0.1) is 0 Å². The maximum Gasteiger partial charge on any atom is 0.330 e. The van der Waals surface area contributed by atoms with Crippen molar-refractivity contribution >= 4 is 0 Å². The van der Waals surface area contributed by atoms with Gasteiger partial charge in [-0.2, -0.15) is 0 Å². The van der Waals surface area contributed by atoms with Crippen LogP contribution in [0, 0.1) is 6.92 Å². The maximum atomic E-state index is 11.8. The number of aromatic nitrogens is 2. The fraction of sp³-hybridized carbons (Fsp3) is 0.667. The summed E-state index contributed by atoms with van der Waals surface area (Å²) in [5.74, 6) is 0. The molecule has 1 aromatic heterocycles. The first kappa shape index (κ1) is 14.7. The Morgan fingerprint density at radius 1 is 1.33 bits per heavy atom. The van der Waals surface area contributed by atoms with Crippen molar-refractivity contribution in [1.82, 2.24) is 9.13 Å². The van der Waals surface area contributed by atoms with Gasteiger partial charge in [0.1, 0.15) is 0 Å². The van der Waals surface area contributed by atoms with Gasteiger partial charge in [0.25, 0.3) is 5.56 Å². The molecule has 6 heteroatoms. The lowest BCUT2D eigenvalue weighted by atomic mass is 10.1. The predicted octanol–water partition coefficient (Wildman–Crippen LogP) is -0.621. The first-order valence-corrected chi connectivity index (χ1v) is 6.03. The number of unbranched alkanes of at least 4 members (excludes halogenated alkanes) is 1. The molecule has 1 rings (SSSR count). The molecule has 1 aromatic rings. The molecule has 0 aliphatic heterocycles. The van der Waals surface area contributed by atoms with Crippen LogP contribution in [0.15, 0.2) is 15.8 Å². The molecule has 0 fully saturated rings. The zero-order chi connectivity index (χ0) is 13.7. The number of hydrogen-bond donors (Lipinski definition) is 2. The van der Waals surface area contributed by atoms with E-state index in [0.717, 1.165) is 0 Å². The Balaban J connectivity index is 2.68. The van der Waals surface area contributed by atoms with Crippen molar-refractivity contribution in [1.29, 1.82) is 0 Å². The largest absolute Gasteiger partial charge is 0.394 e. The van der Waals surface area contributed by atoms with E-state index in [2.05, 4.69) is 0 Å². The van der Waals surface area contributed by atoms with Crippen molar-refractivity contribution in [2.24, 2.45) is 7.05 Å². The molecule has 1 unspecified atom stereocenters. The lowest BCUT2D eigenvalue weighted by Crippen LogP contribution is -2.39. The van der Waals surface area contributed by atoms with E-state index >= 15 is 0 Å². The lowest BCUT2D eigenvalue weighted by molar-refractivity contribution is 0.0858. The molecule has 0 spiro atoms. The third-order valence-electron chi connectivity index (χ3n) is 2.88. The van der Waals surface area contributed by atoms with Gasteiger partial charge in [-0.1, -0.05) is 0 Å². The van der Waals surface area contributed by atoms with Gasteiger partial charge in [-0.25, -0.2) is 4.79 Å². The Hall–Kier alpha value is -1.40. The third-order valence-corrected chi connectivity index (χ3v) is 2.88. The highest BCUT2D eigenvalue weighted by molar-refractivity contribution is 5.02. The molecular weight excluding hydrogens is 236 g/mol. The minimum absolute atomic E-state index is 0.258. The first-order valence-electron chi connectivity index (χ1n) is 6.03. The monoisotopic (exact) mass is 256 g/mol. The van der Waals surface area contributed by atoms with E-state index in [1.807, 2.05) is 0 Å². The molecule has 0 aliphatic rings. The molecule has 1 heterocycles. The number of aliphatic hydroxyl groups excluding tert-OH is 2. The zero-order valence-corrected chi connectivity index (χ0v) is 10.8. The van der Waals surface area contributed by atoms with Gasteiger partial charge in [0, 0.05) is 25.4 Å². The molecule has 0 bridgehead atoms. The van der Waals surface area contributed by atoms with Crippen LogP contribution in [-0.2, 0) is 13.6 Å². The molecule has 1 atom stereocenters. The minimum Gasteiger partial charge on any atom is -0.394 e. The van der Waals surface area contributed by atoms with Gasteiger partial charge < -0.3 is 14.8 Å². The summed E-state index contributed by atoms with van der Waals surface area (Å²) in [4.78, 5) is 23.5. The van der Waals surface area contributed by atoms with Crippen LogP contribution < -0.4 is 11.2 Å². The number of aryl methyl sites for hydroxylation is 2. The van der Waals surface area contributed by atoms with Crippen LogP contribution in [0.5, 0.6) is 0 Å². The van der Waals surface area contributed by atoms with Crippen LogP contribution in [0.25, 0.3) is 0 Å². The van der Waals surface area contributed by atoms with Crippen molar-refractivity contribution in [3.05, 3.63) is 32.6 Å². The van der Waals surface area contributed by atoms with Crippen molar-refractivity contribution in [3.63, 3.8) is 0 Å². The maximum absolute atomic E-state index is 11.8. The topological polar surface area (TPSA) is 84.5 Å². The molecule has 18 heavy (non-hydrogen) atoms. The second-order valence-corrected chi connectivity index (χ2v) is 4.49. The van der Waals surface area contributed by atoms with Crippen LogP contribution >= 0.6 is 0 Å². The Kier molecular flexibility index (Phi) is 5.30. The summed E-state index contributed by atoms with van der Waals surface area (Å²) >= 11 is 0. The van der Waals surface area contributed by atoms with Gasteiger partial charge in [-0.3, -0.25) is 9.36 Å². The minimum atomic E-state index is -0.720. The number of hydrogen-bond acceptors (Lipinski definition) is 4. The van der Waals surface area contributed by atoms with Crippen molar-refractivity contribution in [2.45, 2.75) is 38.8 Å². The average molecular weight is 256 g/mol. The Bertz CT molecular complexity index is 470. The van der Waals surface area contributed by atoms with Crippen LogP contribution in [-0.4, -0.2) is 32.1 Å². The molecule has 0 aliphatic carbocycles. The fourth-order valence-electron chi connectivity index (χ4n) is 1.83. The zero-order valence-electron chi connectivity index (χ0n) is 10.8. The quantitative estimate of drug-likeness (QED) is 0.664. The summed E-state index contributed by atoms with van der Waals surface area (Å²) in [5.41, 5.74) is -0.0541. The average Bonchev–Trinajstić information content (AvgIpc) is 2.35. The van der Waals surface area contributed by atoms with Gasteiger partial charge in [-0.05, 0) is 26.2 Å². The summed E-state index contributed by atoms with van der Waals surface area (Å²) in [5, 5.41) is 17.8. The summed E-state index contributed by atoms with van der Waals surface area (Å²) in [7, 11) is 1.61. The fourth-order valence-corrected chi connectivity index (χ4v) is 1.83. The van der Waals surface area contributed by atoms with Gasteiger partial charge in [0.15, 0.2) is 0 Å². The highest BCUT2D eigenvalue weighted by atomic mass is 16.3. The first-order chi connectivity index (χ1) is 8.47.